The highest BCUT2D eigenvalue weighted by molar-refractivity contribution is 5.85. The van der Waals surface area contributed by atoms with Crippen LogP contribution < -0.4 is 0 Å². The fourth-order valence-corrected chi connectivity index (χ4v) is 2.91. The summed E-state index contributed by atoms with van der Waals surface area (Å²) in [7, 11) is 0. The molecular formula is C20H18O2. The molecule has 0 aliphatic carbocycles. The van der Waals surface area contributed by atoms with Gasteiger partial charge in [-0.2, -0.15) is 0 Å². The Bertz CT molecular complexity index is 762. The third-order valence-electron chi connectivity index (χ3n) is 4.13. The van der Waals surface area contributed by atoms with Crippen LogP contribution in [-0.2, 0) is 16.1 Å². The van der Waals surface area contributed by atoms with Gasteiger partial charge in [-0.1, -0.05) is 72.8 Å². The average molecular weight is 290 g/mol. The molecule has 4 rings (SSSR count). The minimum absolute atomic E-state index is 0.192. The summed E-state index contributed by atoms with van der Waals surface area (Å²) < 4.78 is 11.6. The quantitative estimate of drug-likeness (QED) is 0.645. The molecule has 0 N–H and O–H groups in total. The molecule has 0 spiro atoms. The van der Waals surface area contributed by atoms with Crippen LogP contribution in [0, 0.1) is 0 Å². The van der Waals surface area contributed by atoms with E-state index >= 15 is 0 Å². The predicted octanol–water partition coefficient (Wildman–Crippen LogP) is 4.50. The van der Waals surface area contributed by atoms with Crippen LogP contribution in [0.3, 0.4) is 0 Å². The Kier molecular flexibility index (Phi) is 3.63. The molecule has 1 heterocycles. The van der Waals surface area contributed by atoms with Crippen molar-refractivity contribution in [1.82, 2.24) is 0 Å². The highest BCUT2D eigenvalue weighted by Gasteiger charge is 2.39. The number of hydrogen-bond donors (Lipinski definition) is 0. The Morgan fingerprint density at radius 1 is 0.818 bits per heavy atom. The molecule has 1 aliphatic rings. The second-order valence-corrected chi connectivity index (χ2v) is 5.66. The van der Waals surface area contributed by atoms with Gasteiger partial charge in [0.1, 0.15) is 12.2 Å². The van der Waals surface area contributed by atoms with Crippen molar-refractivity contribution in [2.24, 2.45) is 0 Å². The molecule has 3 aromatic carbocycles. The van der Waals surface area contributed by atoms with E-state index in [1.807, 2.05) is 18.2 Å². The number of rotatable bonds is 5. The lowest BCUT2D eigenvalue weighted by molar-refractivity contribution is 0.105. The van der Waals surface area contributed by atoms with Crippen LogP contribution in [-0.4, -0.2) is 12.7 Å². The summed E-state index contributed by atoms with van der Waals surface area (Å²) in [5.74, 6) is 0. The van der Waals surface area contributed by atoms with E-state index in [1.54, 1.807) is 0 Å². The predicted molar refractivity (Wildman–Crippen MR) is 87.7 cm³/mol. The summed E-state index contributed by atoms with van der Waals surface area (Å²) in [5.41, 5.74) is 2.47. The van der Waals surface area contributed by atoms with Gasteiger partial charge in [-0.15, -0.1) is 0 Å². The van der Waals surface area contributed by atoms with Crippen LogP contribution in [0.25, 0.3) is 10.8 Å². The Morgan fingerprint density at radius 2 is 1.59 bits per heavy atom. The molecule has 2 atom stereocenters. The summed E-state index contributed by atoms with van der Waals surface area (Å²) >= 11 is 0. The van der Waals surface area contributed by atoms with Crippen molar-refractivity contribution in [2.45, 2.75) is 18.8 Å². The number of ether oxygens (including phenoxy) is 2. The minimum atomic E-state index is 0.192. The maximum Gasteiger partial charge on any atom is 0.112 e. The first kappa shape index (κ1) is 13.5. The maximum absolute atomic E-state index is 5.88. The molecule has 1 aliphatic heterocycles. The fourth-order valence-electron chi connectivity index (χ4n) is 2.91. The lowest BCUT2D eigenvalue weighted by atomic mass is 10.1. The molecule has 1 fully saturated rings. The molecule has 1 saturated heterocycles. The normalized spacial score (nSPS) is 20.2. The topological polar surface area (TPSA) is 21.8 Å². The van der Waals surface area contributed by atoms with Crippen molar-refractivity contribution in [3.8, 4) is 0 Å². The Hall–Kier alpha value is -2.16. The van der Waals surface area contributed by atoms with Gasteiger partial charge >= 0.3 is 0 Å². The second-order valence-electron chi connectivity index (χ2n) is 5.66. The first-order chi connectivity index (χ1) is 10.9. The fraction of sp³-hybridized carbons (Fsp3) is 0.200. The molecule has 2 heteroatoms. The van der Waals surface area contributed by atoms with Gasteiger partial charge in [-0.3, -0.25) is 0 Å². The molecule has 3 aromatic rings. The van der Waals surface area contributed by atoms with Crippen LogP contribution >= 0.6 is 0 Å². The van der Waals surface area contributed by atoms with Gasteiger partial charge < -0.3 is 9.47 Å². The van der Waals surface area contributed by atoms with E-state index < -0.39 is 0 Å². The summed E-state index contributed by atoms with van der Waals surface area (Å²) in [4.78, 5) is 0. The molecule has 110 valence electrons. The van der Waals surface area contributed by atoms with Crippen molar-refractivity contribution in [1.29, 1.82) is 0 Å². The van der Waals surface area contributed by atoms with E-state index in [0.29, 0.717) is 13.2 Å². The van der Waals surface area contributed by atoms with Gasteiger partial charge in [0, 0.05) is 0 Å². The van der Waals surface area contributed by atoms with E-state index in [2.05, 4.69) is 54.6 Å². The van der Waals surface area contributed by atoms with Crippen molar-refractivity contribution in [2.75, 3.05) is 6.61 Å². The zero-order valence-electron chi connectivity index (χ0n) is 12.3. The number of fused-ring (bicyclic) bond motifs is 1. The third kappa shape index (κ3) is 2.76. The van der Waals surface area contributed by atoms with Gasteiger partial charge in [-0.25, -0.2) is 0 Å². The Labute approximate surface area is 130 Å². The molecule has 0 amide bonds. The molecular weight excluding hydrogens is 272 g/mol. The van der Waals surface area contributed by atoms with Crippen molar-refractivity contribution < 1.29 is 9.47 Å². The SMILES string of the molecule is c1ccc(C2OC2COCc2cccc3ccccc23)cc1. The smallest absolute Gasteiger partial charge is 0.112 e. The van der Waals surface area contributed by atoms with Gasteiger partial charge in [-0.05, 0) is 21.9 Å². The molecule has 0 aromatic heterocycles. The highest BCUT2D eigenvalue weighted by atomic mass is 16.6. The van der Waals surface area contributed by atoms with Crippen LogP contribution in [0.4, 0.5) is 0 Å². The first-order valence-electron chi connectivity index (χ1n) is 7.66. The lowest BCUT2D eigenvalue weighted by Gasteiger charge is -2.07. The van der Waals surface area contributed by atoms with Crippen LogP contribution in [0.15, 0.2) is 72.8 Å². The number of benzene rings is 3. The molecule has 0 bridgehead atoms. The largest absolute Gasteiger partial charge is 0.374 e. The zero-order chi connectivity index (χ0) is 14.8. The highest BCUT2D eigenvalue weighted by Crippen LogP contribution is 2.38. The van der Waals surface area contributed by atoms with Crippen LogP contribution in [0.5, 0.6) is 0 Å². The van der Waals surface area contributed by atoms with Gasteiger partial charge in [0.2, 0.25) is 0 Å². The van der Waals surface area contributed by atoms with Gasteiger partial charge in [0.05, 0.1) is 13.2 Å². The first-order valence-corrected chi connectivity index (χ1v) is 7.66. The summed E-state index contributed by atoms with van der Waals surface area (Å²) in [6, 6.07) is 25.1. The van der Waals surface area contributed by atoms with Crippen molar-refractivity contribution in [3.63, 3.8) is 0 Å². The van der Waals surface area contributed by atoms with Crippen molar-refractivity contribution in [3.05, 3.63) is 83.9 Å². The minimum Gasteiger partial charge on any atom is -0.374 e. The van der Waals surface area contributed by atoms with E-state index in [-0.39, 0.29) is 12.2 Å². The van der Waals surface area contributed by atoms with E-state index in [9.17, 15) is 0 Å². The molecule has 22 heavy (non-hydrogen) atoms. The van der Waals surface area contributed by atoms with Crippen LogP contribution in [0.2, 0.25) is 0 Å². The molecule has 2 unspecified atom stereocenters. The summed E-state index contributed by atoms with van der Waals surface area (Å²) in [6.07, 6.45) is 0.395. The molecule has 0 radical (unpaired) electrons. The lowest BCUT2D eigenvalue weighted by Crippen LogP contribution is -2.03. The number of hydrogen-bond acceptors (Lipinski definition) is 2. The number of epoxide rings is 1. The Balaban J connectivity index is 1.36. The zero-order valence-corrected chi connectivity index (χ0v) is 12.3. The maximum atomic E-state index is 5.88. The molecule has 0 saturated carbocycles. The van der Waals surface area contributed by atoms with Crippen LogP contribution in [0.1, 0.15) is 17.2 Å². The Morgan fingerprint density at radius 3 is 2.50 bits per heavy atom. The summed E-state index contributed by atoms with van der Waals surface area (Å²) in [5, 5.41) is 2.52. The monoisotopic (exact) mass is 290 g/mol. The standard InChI is InChI=1S/C20H18O2/c1-2-8-16(9-3-1)20-19(22-20)14-21-13-17-11-6-10-15-7-4-5-12-18(15)17/h1-12,19-20H,13-14H2. The second kappa shape index (κ2) is 5.91. The average Bonchev–Trinajstić information content (AvgIpc) is 3.36. The van der Waals surface area contributed by atoms with Crippen molar-refractivity contribution >= 4 is 10.8 Å². The summed E-state index contributed by atoms with van der Waals surface area (Å²) in [6.45, 7) is 1.27. The van der Waals surface area contributed by atoms with Gasteiger partial charge in [0.25, 0.3) is 0 Å². The molecule has 2 nitrogen and oxygen atoms in total. The third-order valence-corrected chi connectivity index (χ3v) is 4.13. The van der Waals surface area contributed by atoms with E-state index in [4.69, 9.17) is 9.47 Å². The van der Waals surface area contributed by atoms with E-state index in [0.717, 1.165) is 0 Å². The van der Waals surface area contributed by atoms with E-state index in [1.165, 1.54) is 21.9 Å². The van der Waals surface area contributed by atoms with Gasteiger partial charge in [0.15, 0.2) is 0 Å².